The average molecular weight is 363 g/mol. The lowest BCUT2D eigenvalue weighted by Gasteiger charge is -2.26. The highest BCUT2D eigenvalue weighted by Crippen LogP contribution is 2.32. The molecule has 1 unspecified atom stereocenters. The van der Waals surface area contributed by atoms with E-state index in [0.29, 0.717) is 12.3 Å². The van der Waals surface area contributed by atoms with E-state index in [1.807, 2.05) is 24.1 Å². The summed E-state index contributed by atoms with van der Waals surface area (Å²) in [6.45, 7) is 3.13. The van der Waals surface area contributed by atoms with Gasteiger partial charge in [-0.25, -0.2) is 0 Å². The lowest BCUT2D eigenvalue weighted by Crippen LogP contribution is -2.32. The van der Waals surface area contributed by atoms with Crippen LogP contribution in [-0.2, 0) is 11.8 Å². The Balaban J connectivity index is 0.00000132. The number of carbonyl (C=O) groups excluding carboxylic acids is 1. The molecule has 1 aromatic heterocycles. The molecule has 7 heteroatoms. The van der Waals surface area contributed by atoms with Crippen molar-refractivity contribution in [1.29, 1.82) is 0 Å². The summed E-state index contributed by atoms with van der Waals surface area (Å²) >= 11 is 0. The molecule has 2 aliphatic rings. The van der Waals surface area contributed by atoms with Crippen LogP contribution in [0, 0.1) is 5.92 Å². The number of aryl methyl sites for hydroxylation is 1. The number of hydrogen-bond donors (Lipinski definition) is 1. The highest BCUT2D eigenvalue weighted by molar-refractivity contribution is 5.85. The maximum atomic E-state index is 12.6. The summed E-state index contributed by atoms with van der Waals surface area (Å²) < 4.78 is 1.82. The van der Waals surface area contributed by atoms with Crippen LogP contribution in [0.4, 0.5) is 0 Å². The second-order valence-corrected chi connectivity index (χ2v) is 6.42. The number of piperidine rings is 1. The number of nitrogens with zero attached hydrogens (tertiary/aromatic N) is 3. The minimum atomic E-state index is 0. The van der Waals surface area contributed by atoms with Crippen molar-refractivity contribution in [1.82, 2.24) is 20.0 Å². The number of halogens is 2. The molecule has 2 saturated heterocycles. The van der Waals surface area contributed by atoms with Crippen molar-refractivity contribution in [2.75, 3.05) is 19.6 Å². The Labute approximate surface area is 151 Å². The van der Waals surface area contributed by atoms with Crippen LogP contribution in [0.2, 0.25) is 0 Å². The first-order valence-corrected chi connectivity index (χ1v) is 8.23. The predicted octanol–water partition coefficient (Wildman–Crippen LogP) is 2.71. The molecule has 1 aromatic rings. The van der Waals surface area contributed by atoms with Crippen LogP contribution in [0.5, 0.6) is 0 Å². The second kappa shape index (κ2) is 9.50. The van der Waals surface area contributed by atoms with Crippen LogP contribution < -0.4 is 5.32 Å². The van der Waals surface area contributed by atoms with E-state index >= 15 is 0 Å². The van der Waals surface area contributed by atoms with E-state index in [4.69, 9.17) is 0 Å². The lowest BCUT2D eigenvalue weighted by molar-refractivity contribution is -0.132. The molecule has 0 spiro atoms. The van der Waals surface area contributed by atoms with Gasteiger partial charge in [-0.15, -0.1) is 24.8 Å². The van der Waals surface area contributed by atoms with Gasteiger partial charge < -0.3 is 10.2 Å². The molecule has 1 atom stereocenters. The largest absolute Gasteiger partial charge is 0.336 e. The zero-order chi connectivity index (χ0) is 14.7. The van der Waals surface area contributed by atoms with E-state index < -0.39 is 0 Å². The Hall–Kier alpha value is -0.780. The van der Waals surface area contributed by atoms with Crippen LogP contribution in [-0.4, -0.2) is 40.2 Å². The molecule has 2 aliphatic heterocycles. The third kappa shape index (κ3) is 5.10. The molecule has 3 rings (SSSR count). The van der Waals surface area contributed by atoms with Gasteiger partial charge in [-0.05, 0) is 51.1 Å². The van der Waals surface area contributed by atoms with E-state index in [1.165, 1.54) is 18.4 Å². The van der Waals surface area contributed by atoms with Crippen LogP contribution >= 0.6 is 24.8 Å². The van der Waals surface area contributed by atoms with Crippen molar-refractivity contribution in [2.24, 2.45) is 13.0 Å². The van der Waals surface area contributed by atoms with Gasteiger partial charge in [0.2, 0.25) is 5.91 Å². The molecule has 0 radical (unpaired) electrons. The van der Waals surface area contributed by atoms with E-state index in [1.54, 1.807) is 0 Å². The molecule has 0 aliphatic carbocycles. The van der Waals surface area contributed by atoms with Crippen molar-refractivity contribution in [2.45, 2.75) is 44.6 Å². The quantitative estimate of drug-likeness (QED) is 0.895. The fraction of sp³-hybridized carbons (Fsp3) is 0.750. The number of aromatic nitrogens is 2. The minimum Gasteiger partial charge on any atom is -0.336 e. The van der Waals surface area contributed by atoms with Gasteiger partial charge in [0.25, 0.3) is 0 Å². The summed E-state index contributed by atoms with van der Waals surface area (Å²) in [7, 11) is 1.93. The van der Waals surface area contributed by atoms with E-state index in [2.05, 4.69) is 15.3 Å². The SMILES string of the molecule is Cl.Cl.Cn1cc(C2CCCN2C(=O)CCC2CCNCC2)cn1. The van der Waals surface area contributed by atoms with E-state index in [-0.39, 0.29) is 30.9 Å². The normalized spacial score (nSPS) is 21.6. The maximum Gasteiger partial charge on any atom is 0.223 e. The van der Waals surface area contributed by atoms with Gasteiger partial charge in [0.15, 0.2) is 0 Å². The molecule has 5 nitrogen and oxygen atoms in total. The zero-order valence-corrected chi connectivity index (χ0v) is 15.4. The highest BCUT2D eigenvalue weighted by atomic mass is 35.5. The molecule has 2 fully saturated rings. The van der Waals surface area contributed by atoms with Gasteiger partial charge in [-0.1, -0.05) is 0 Å². The third-order valence-corrected chi connectivity index (χ3v) is 4.91. The van der Waals surface area contributed by atoms with Crippen LogP contribution in [0.25, 0.3) is 0 Å². The van der Waals surface area contributed by atoms with Crippen molar-refractivity contribution >= 4 is 30.7 Å². The molecule has 132 valence electrons. The maximum absolute atomic E-state index is 12.6. The summed E-state index contributed by atoms with van der Waals surface area (Å²) in [5, 5.41) is 7.63. The van der Waals surface area contributed by atoms with Crippen LogP contribution in [0.15, 0.2) is 12.4 Å². The van der Waals surface area contributed by atoms with E-state index in [0.717, 1.165) is 44.8 Å². The van der Waals surface area contributed by atoms with Crippen LogP contribution in [0.1, 0.15) is 50.1 Å². The molecular weight excluding hydrogens is 335 g/mol. The second-order valence-electron chi connectivity index (χ2n) is 6.42. The van der Waals surface area contributed by atoms with Gasteiger partial charge >= 0.3 is 0 Å². The topological polar surface area (TPSA) is 50.2 Å². The molecule has 1 N–H and O–H groups in total. The summed E-state index contributed by atoms with van der Waals surface area (Å²) in [5.41, 5.74) is 1.19. The first-order valence-electron chi connectivity index (χ1n) is 8.23. The number of likely N-dealkylation sites (tertiary alicyclic amines) is 1. The Bertz CT molecular complexity index is 488. The van der Waals surface area contributed by atoms with E-state index in [9.17, 15) is 4.79 Å². The molecule has 1 amide bonds. The summed E-state index contributed by atoms with van der Waals surface area (Å²) in [5.74, 6) is 1.06. The Kier molecular flexibility index (Phi) is 8.37. The zero-order valence-electron chi connectivity index (χ0n) is 13.7. The highest BCUT2D eigenvalue weighted by Gasteiger charge is 2.30. The first kappa shape index (κ1) is 20.3. The van der Waals surface area contributed by atoms with Crippen molar-refractivity contribution in [3.05, 3.63) is 18.0 Å². The number of carbonyl (C=O) groups is 1. The van der Waals surface area contributed by atoms with Gasteiger partial charge in [-0.3, -0.25) is 9.48 Å². The number of amides is 1. The molecular formula is C16H28Cl2N4O. The molecule has 0 aromatic carbocycles. The van der Waals surface area contributed by atoms with Crippen molar-refractivity contribution < 1.29 is 4.79 Å². The lowest BCUT2D eigenvalue weighted by atomic mass is 9.93. The number of rotatable bonds is 4. The third-order valence-electron chi connectivity index (χ3n) is 4.91. The summed E-state index contributed by atoms with van der Waals surface area (Å²) in [6, 6.07) is 0.249. The summed E-state index contributed by atoms with van der Waals surface area (Å²) in [4.78, 5) is 14.6. The van der Waals surface area contributed by atoms with Crippen molar-refractivity contribution in [3.8, 4) is 0 Å². The van der Waals surface area contributed by atoms with Gasteiger partial charge in [0.1, 0.15) is 0 Å². The van der Waals surface area contributed by atoms with Gasteiger partial charge in [-0.2, -0.15) is 5.10 Å². The Morgan fingerprint density at radius 1 is 1.30 bits per heavy atom. The predicted molar refractivity (Wildman–Crippen MR) is 96.2 cm³/mol. The molecule has 0 saturated carbocycles. The Morgan fingerprint density at radius 2 is 2.04 bits per heavy atom. The number of nitrogens with one attached hydrogen (secondary N) is 1. The average Bonchev–Trinajstić information content (AvgIpc) is 3.14. The standard InChI is InChI=1S/C16H26N4O.2ClH/c1-19-12-14(11-18-19)15-3-2-10-20(15)16(21)5-4-13-6-8-17-9-7-13;;/h11-13,15,17H,2-10H2,1H3;2*1H. The van der Waals surface area contributed by atoms with Crippen LogP contribution in [0.3, 0.4) is 0 Å². The van der Waals surface area contributed by atoms with Gasteiger partial charge in [0.05, 0.1) is 12.2 Å². The fourth-order valence-corrected chi connectivity index (χ4v) is 3.67. The molecule has 0 bridgehead atoms. The van der Waals surface area contributed by atoms with Crippen molar-refractivity contribution in [3.63, 3.8) is 0 Å². The Morgan fingerprint density at radius 3 is 2.70 bits per heavy atom. The minimum absolute atomic E-state index is 0. The number of hydrogen-bond acceptors (Lipinski definition) is 3. The summed E-state index contributed by atoms with van der Waals surface area (Å²) in [6.07, 6.45) is 10.3. The molecule has 3 heterocycles. The van der Waals surface area contributed by atoms with Gasteiger partial charge in [0, 0.05) is 31.8 Å². The smallest absolute Gasteiger partial charge is 0.223 e. The first-order chi connectivity index (χ1) is 10.2. The fourth-order valence-electron chi connectivity index (χ4n) is 3.67. The molecule has 23 heavy (non-hydrogen) atoms. The monoisotopic (exact) mass is 362 g/mol.